The highest BCUT2D eigenvalue weighted by Crippen LogP contribution is 2.27. The standard InChI is InChI=1S/C20H25ClN4OS/c1-14-11-17(15(2)25(14)12-16-7-4-5-8-18(16)21)19-13-27-20(24-23-19)22-9-6-10-26-3/h4-5,7-8,11,13,23H,6,9-10,12H2,1-3H3,(H,22,24). The van der Waals surface area contributed by atoms with Gasteiger partial charge >= 0.3 is 0 Å². The van der Waals surface area contributed by atoms with Gasteiger partial charge in [-0.05, 0) is 38.0 Å². The summed E-state index contributed by atoms with van der Waals surface area (Å²) in [6, 6.07) is 10.2. The van der Waals surface area contributed by atoms with Crippen LogP contribution in [-0.4, -0.2) is 30.0 Å². The van der Waals surface area contributed by atoms with Crippen molar-refractivity contribution < 1.29 is 4.74 Å². The van der Waals surface area contributed by atoms with Gasteiger partial charge in [-0.1, -0.05) is 41.6 Å². The molecule has 1 aromatic carbocycles. The number of hydrazine groups is 1. The van der Waals surface area contributed by atoms with E-state index in [0.29, 0.717) is 0 Å². The molecule has 5 nitrogen and oxygen atoms in total. The fourth-order valence-corrected chi connectivity index (χ4v) is 3.89. The summed E-state index contributed by atoms with van der Waals surface area (Å²) in [6.07, 6.45) is 0.919. The van der Waals surface area contributed by atoms with E-state index < -0.39 is 0 Å². The van der Waals surface area contributed by atoms with Crippen LogP contribution in [0.5, 0.6) is 0 Å². The van der Waals surface area contributed by atoms with Gasteiger partial charge in [-0.2, -0.15) is 0 Å². The molecule has 2 N–H and O–H groups in total. The van der Waals surface area contributed by atoms with E-state index in [-0.39, 0.29) is 0 Å². The minimum atomic E-state index is 0.730. The third kappa shape index (κ3) is 4.89. The molecule has 144 valence electrons. The summed E-state index contributed by atoms with van der Waals surface area (Å²) >= 11 is 7.94. The second kappa shape index (κ2) is 9.35. The van der Waals surface area contributed by atoms with E-state index in [4.69, 9.17) is 16.3 Å². The normalized spacial score (nSPS) is 15.4. The molecule has 1 aliphatic rings. The third-order valence-electron chi connectivity index (χ3n) is 4.50. The number of hydrogen-bond donors (Lipinski definition) is 2. The monoisotopic (exact) mass is 404 g/mol. The van der Waals surface area contributed by atoms with Crippen LogP contribution in [0.2, 0.25) is 5.02 Å². The molecular formula is C20H25ClN4OS. The molecule has 0 bridgehead atoms. The Labute approximate surface area is 169 Å². The predicted octanol–water partition coefficient (Wildman–Crippen LogP) is 4.34. The molecule has 0 radical (unpaired) electrons. The van der Waals surface area contributed by atoms with Gasteiger partial charge in [0.25, 0.3) is 0 Å². The molecule has 2 heterocycles. The van der Waals surface area contributed by atoms with Crippen molar-refractivity contribution in [2.45, 2.75) is 26.8 Å². The maximum Gasteiger partial charge on any atom is 0.179 e. The number of ether oxygens (including phenoxy) is 1. The molecule has 1 aliphatic heterocycles. The van der Waals surface area contributed by atoms with Crippen LogP contribution in [0.3, 0.4) is 0 Å². The summed E-state index contributed by atoms with van der Waals surface area (Å²) < 4.78 is 7.34. The van der Waals surface area contributed by atoms with Gasteiger partial charge in [0.05, 0.1) is 5.70 Å². The molecule has 2 aromatic rings. The van der Waals surface area contributed by atoms with E-state index in [0.717, 1.165) is 47.6 Å². The number of methoxy groups -OCH3 is 1. The van der Waals surface area contributed by atoms with Gasteiger partial charge < -0.3 is 9.30 Å². The number of benzene rings is 1. The van der Waals surface area contributed by atoms with Crippen molar-refractivity contribution in [3.05, 3.63) is 63.3 Å². The van der Waals surface area contributed by atoms with E-state index in [2.05, 4.69) is 51.8 Å². The number of rotatable bonds is 7. The lowest BCUT2D eigenvalue weighted by Gasteiger charge is -2.19. The fraction of sp³-hybridized carbons (Fsp3) is 0.350. The van der Waals surface area contributed by atoms with Crippen molar-refractivity contribution in [1.29, 1.82) is 0 Å². The summed E-state index contributed by atoms with van der Waals surface area (Å²) in [7, 11) is 1.71. The molecule has 1 aromatic heterocycles. The van der Waals surface area contributed by atoms with Gasteiger partial charge in [0.15, 0.2) is 5.17 Å². The SMILES string of the molecule is COCCCN=C1NNC(c2cc(C)n(Cc3ccccc3Cl)c2C)=CS1. The molecular weight excluding hydrogens is 380 g/mol. The smallest absolute Gasteiger partial charge is 0.179 e. The highest BCUT2D eigenvalue weighted by Gasteiger charge is 2.17. The number of aryl methyl sites for hydroxylation is 1. The summed E-state index contributed by atoms with van der Waals surface area (Å²) in [5.41, 5.74) is 12.2. The highest BCUT2D eigenvalue weighted by molar-refractivity contribution is 8.16. The van der Waals surface area contributed by atoms with E-state index in [1.54, 1.807) is 18.9 Å². The first-order chi connectivity index (χ1) is 13.1. The molecule has 0 unspecified atom stereocenters. The molecule has 0 saturated heterocycles. The zero-order chi connectivity index (χ0) is 19.2. The predicted molar refractivity (Wildman–Crippen MR) is 115 cm³/mol. The topological polar surface area (TPSA) is 50.6 Å². The van der Waals surface area contributed by atoms with Gasteiger partial charge in [0.2, 0.25) is 0 Å². The average Bonchev–Trinajstić information content (AvgIpc) is 2.96. The first-order valence-electron chi connectivity index (χ1n) is 8.93. The molecule has 0 amide bonds. The first-order valence-corrected chi connectivity index (χ1v) is 10.2. The number of nitrogens with zero attached hydrogens (tertiary/aromatic N) is 2. The van der Waals surface area contributed by atoms with E-state index >= 15 is 0 Å². The minimum absolute atomic E-state index is 0.730. The van der Waals surface area contributed by atoms with Crippen molar-refractivity contribution in [2.75, 3.05) is 20.3 Å². The van der Waals surface area contributed by atoms with E-state index in [1.807, 2.05) is 18.2 Å². The van der Waals surface area contributed by atoms with Crippen LogP contribution >= 0.6 is 23.4 Å². The Balaban J connectivity index is 1.73. The molecule has 0 fully saturated rings. The fourth-order valence-electron chi connectivity index (χ4n) is 3.01. The van der Waals surface area contributed by atoms with E-state index in [1.165, 1.54) is 17.0 Å². The van der Waals surface area contributed by atoms with Crippen LogP contribution < -0.4 is 10.9 Å². The number of amidine groups is 1. The number of halogens is 1. The van der Waals surface area contributed by atoms with Crippen LogP contribution in [0.15, 0.2) is 40.7 Å². The average molecular weight is 405 g/mol. The molecule has 0 atom stereocenters. The molecule has 7 heteroatoms. The largest absolute Gasteiger partial charge is 0.385 e. The summed E-state index contributed by atoms with van der Waals surface area (Å²) in [5.74, 6) is 0. The molecule has 27 heavy (non-hydrogen) atoms. The van der Waals surface area contributed by atoms with Gasteiger partial charge in [0.1, 0.15) is 0 Å². The number of aliphatic imine (C=N–C) groups is 1. The molecule has 0 aliphatic carbocycles. The van der Waals surface area contributed by atoms with Gasteiger partial charge in [-0.3, -0.25) is 15.8 Å². The van der Waals surface area contributed by atoms with Gasteiger partial charge in [0, 0.05) is 54.2 Å². The Morgan fingerprint density at radius 2 is 2.04 bits per heavy atom. The Morgan fingerprint density at radius 3 is 2.74 bits per heavy atom. The van der Waals surface area contributed by atoms with Crippen molar-refractivity contribution in [3.63, 3.8) is 0 Å². The van der Waals surface area contributed by atoms with Crippen LogP contribution in [0.25, 0.3) is 5.70 Å². The first kappa shape index (κ1) is 19.9. The summed E-state index contributed by atoms with van der Waals surface area (Å²) in [6.45, 7) is 6.51. The highest BCUT2D eigenvalue weighted by atomic mass is 35.5. The van der Waals surface area contributed by atoms with Crippen molar-refractivity contribution in [3.8, 4) is 0 Å². The number of hydrogen-bond acceptors (Lipinski definition) is 4. The maximum absolute atomic E-state index is 6.34. The Hall–Kier alpha value is -1.89. The van der Waals surface area contributed by atoms with Crippen molar-refractivity contribution in [2.24, 2.45) is 4.99 Å². The van der Waals surface area contributed by atoms with Crippen molar-refractivity contribution >= 4 is 34.2 Å². The van der Waals surface area contributed by atoms with Gasteiger partial charge in [-0.25, -0.2) is 0 Å². The summed E-state index contributed by atoms with van der Waals surface area (Å²) in [4.78, 5) is 4.52. The quantitative estimate of drug-likeness (QED) is 0.674. The molecule has 0 spiro atoms. The second-order valence-electron chi connectivity index (χ2n) is 6.39. The summed E-state index contributed by atoms with van der Waals surface area (Å²) in [5, 5.41) is 3.78. The van der Waals surface area contributed by atoms with Crippen LogP contribution in [-0.2, 0) is 11.3 Å². The molecule has 3 rings (SSSR count). The Kier molecular flexibility index (Phi) is 6.88. The number of nitrogens with one attached hydrogen (secondary N) is 2. The minimum Gasteiger partial charge on any atom is -0.385 e. The lowest BCUT2D eigenvalue weighted by molar-refractivity contribution is 0.197. The Morgan fingerprint density at radius 1 is 1.22 bits per heavy atom. The van der Waals surface area contributed by atoms with Crippen molar-refractivity contribution in [1.82, 2.24) is 15.4 Å². The maximum atomic E-state index is 6.34. The number of thioether (sulfide) groups is 1. The molecule has 0 saturated carbocycles. The second-order valence-corrected chi connectivity index (χ2v) is 7.66. The lowest BCUT2D eigenvalue weighted by atomic mass is 10.2. The van der Waals surface area contributed by atoms with Crippen LogP contribution in [0.1, 0.15) is 28.9 Å². The zero-order valence-corrected chi connectivity index (χ0v) is 17.5. The van der Waals surface area contributed by atoms with Crippen LogP contribution in [0, 0.1) is 13.8 Å². The Bertz CT molecular complexity index is 860. The van der Waals surface area contributed by atoms with E-state index in [9.17, 15) is 0 Å². The third-order valence-corrected chi connectivity index (χ3v) is 5.68. The zero-order valence-electron chi connectivity index (χ0n) is 15.9. The lowest BCUT2D eigenvalue weighted by Crippen LogP contribution is -2.37. The number of aromatic nitrogens is 1. The van der Waals surface area contributed by atoms with Crippen LogP contribution in [0.4, 0.5) is 0 Å². The van der Waals surface area contributed by atoms with Gasteiger partial charge in [-0.15, -0.1) is 0 Å².